The van der Waals surface area contributed by atoms with Gasteiger partial charge in [0, 0.05) is 30.5 Å². The lowest BCUT2D eigenvalue weighted by Gasteiger charge is -2.04. The fraction of sp³-hybridized carbons (Fsp3) is 0.200. The van der Waals surface area contributed by atoms with Crippen LogP contribution in [-0.4, -0.2) is 14.1 Å². The number of fused-ring (bicyclic) bond motifs is 1. The van der Waals surface area contributed by atoms with E-state index < -0.39 is 0 Å². The zero-order chi connectivity index (χ0) is 13.2. The quantitative estimate of drug-likeness (QED) is 0.718. The number of imidazole rings is 1. The van der Waals surface area contributed by atoms with Crippen LogP contribution in [0.4, 0.5) is 0 Å². The van der Waals surface area contributed by atoms with Crippen molar-refractivity contribution >= 4 is 10.9 Å². The molecule has 2 heterocycles. The van der Waals surface area contributed by atoms with Gasteiger partial charge in [-0.05, 0) is 30.7 Å². The molecule has 2 aromatic heterocycles. The van der Waals surface area contributed by atoms with Crippen LogP contribution in [0.15, 0.2) is 53.7 Å². The van der Waals surface area contributed by atoms with Crippen LogP contribution in [0.5, 0.6) is 0 Å². The van der Waals surface area contributed by atoms with Crippen molar-refractivity contribution in [2.75, 3.05) is 0 Å². The number of hydrogen-bond donors (Lipinski definition) is 0. The minimum atomic E-state index is 0.0359. The Morgan fingerprint density at radius 1 is 1.16 bits per heavy atom. The van der Waals surface area contributed by atoms with Crippen LogP contribution in [-0.2, 0) is 13.1 Å². The van der Waals surface area contributed by atoms with E-state index in [1.165, 1.54) is 0 Å². The Morgan fingerprint density at radius 3 is 2.79 bits per heavy atom. The average Bonchev–Trinajstić information content (AvgIpc) is 2.79. The van der Waals surface area contributed by atoms with E-state index in [-0.39, 0.29) is 5.69 Å². The topological polar surface area (TPSA) is 39.8 Å². The maximum Gasteiger partial charge on any atom is 0.328 e. The zero-order valence-electron chi connectivity index (χ0n) is 10.8. The number of hydrogen-bond acceptors (Lipinski definition) is 2. The third kappa shape index (κ3) is 2.17. The third-order valence-electron chi connectivity index (χ3n) is 3.28. The molecule has 0 saturated carbocycles. The number of nitrogens with zero attached hydrogens (tertiary/aromatic N) is 3. The van der Waals surface area contributed by atoms with Crippen molar-refractivity contribution in [1.29, 1.82) is 0 Å². The molecule has 0 fully saturated rings. The normalized spacial score (nSPS) is 11.0. The first-order valence-corrected chi connectivity index (χ1v) is 6.37. The van der Waals surface area contributed by atoms with Crippen molar-refractivity contribution in [2.45, 2.75) is 20.0 Å². The molecule has 3 rings (SSSR count). The van der Waals surface area contributed by atoms with E-state index in [1.54, 1.807) is 15.3 Å². The lowest BCUT2D eigenvalue weighted by Crippen LogP contribution is -2.23. The van der Waals surface area contributed by atoms with Crippen LogP contribution < -0.4 is 5.69 Å². The summed E-state index contributed by atoms with van der Waals surface area (Å²) in [5.41, 5.74) is 2.12. The standard InChI is InChI=1S/C15H15N3O/c1-2-17-8-9-18(15(17)19)11-12-5-6-14-13(10-12)4-3-7-16-14/h3-10H,2,11H2,1H3. The molecule has 0 saturated heterocycles. The summed E-state index contributed by atoms with van der Waals surface area (Å²) in [5.74, 6) is 0. The molecule has 0 unspecified atom stereocenters. The van der Waals surface area contributed by atoms with Gasteiger partial charge < -0.3 is 0 Å². The number of aromatic nitrogens is 3. The number of rotatable bonds is 3. The van der Waals surface area contributed by atoms with Crippen LogP contribution in [0.2, 0.25) is 0 Å². The number of benzene rings is 1. The monoisotopic (exact) mass is 253 g/mol. The summed E-state index contributed by atoms with van der Waals surface area (Å²) >= 11 is 0. The SMILES string of the molecule is CCn1ccn(Cc2ccc3ncccc3c2)c1=O. The summed E-state index contributed by atoms with van der Waals surface area (Å²) < 4.78 is 3.42. The number of pyridine rings is 1. The van der Waals surface area contributed by atoms with Gasteiger partial charge in [-0.25, -0.2) is 4.79 Å². The van der Waals surface area contributed by atoms with Crippen molar-refractivity contribution in [3.8, 4) is 0 Å². The molecule has 0 bridgehead atoms. The van der Waals surface area contributed by atoms with E-state index in [0.29, 0.717) is 13.1 Å². The second kappa shape index (κ2) is 4.72. The molecule has 0 atom stereocenters. The average molecular weight is 253 g/mol. The predicted octanol–water partition coefficient (Wildman–Crippen LogP) is 2.27. The van der Waals surface area contributed by atoms with E-state index in [4.69, 9.17) is 0 Å². The molecule has 0 aliphatic carbocycles. The summed E-state index contributed by atoms with van der Waals surface area (Å²) in [7, 11) is 0. The Hall–Kier alpha value is -2.36. The maximum absolute atomic E-state index is 12.0. The molecular formula is C15H15N3O. The second-order valence-electron chi connectivity index (χ2n) is 4.53. The third-order valence-corrected chi connectivity index (χ3v) is 3.28. The molecule has 4 nitrogen and oxygen atoms in total. The molecule has 1 aromatic carbocycles. The van der Waals surface area contributed by atoms with Gasteiger partial charge in [0.2, 0.25) is 0 Å². The molecule has 0 N–H and O–H groups in total. The van der Waals surface area contributed by atoms with Gasteiger partial charge in [-0.1, -0.05) is 12.1 Å². The van der Waals surface area contributed by atoms with Gasteiger partial charge in [0.1, 0.15) is 0 Å². The predicted molar refractivity (Wildman–Crippen MR) is 75.2 cm³/mol. The van der Waals surface area contributed by atoms with Gasteiger partial charge in [-0.3, -0.25) is 14.1 Å². The Balaban J connectivity index is 1.96. The summed E-state index contributed by atoms with van der Waals surface area (Å²) in [6, 6.07) is 10.0. The van der Waals surface area contributed by atoms with Crippen molar-refractivity contribution in [3.05, 3.63) is 65.0 Å². The summed E-state index contributed by atoms with van der Waals surface area (Å²) in [5, 5.41) is 1.10. The van der Waals surface area contributed by atoms with Crippen LogP contribution in [0.3, 0.4) is 0 Å². The first-order valence-electron chi connectivity index (χ1n) is 6.37. The summed E-state index contributed by atoms with van der Waals surface area (Å²) in [6.07, 6.45) is 5.44. The largest absolute Gasteiger partial charge is 0.328 e. The fourth-order valence-electron chi connectivity index (χ4n) is 2.23. The highest BCUT2D eigenvalue weighted by Crippen LogP contribution is 2.13. The smallest absolute Gasteiger partial charge is 0.300 e. The minimum Gasteiger partial charge on any atom is -0.300 e. The minimum absolute atomic E-state index is 0.0359. The summed E-state index contributed by atoms with van der Waals surface area (Å²) in [4.78, 5) is 16.3. The molecule has 0 spiro atoms. The highest BCUT2D eigenvalue weighted by Gasteiger charge is 2.03. The Labute approximate surface area is 110 Å². The van der Waals surface area contributed by atoms with Gasteiger partial charge >= 0.3 is 5.69 Å². The lowest BCUT2D eigenvalue weighted by atomic mass is 10.1. The van der Waals surface area contributed by atoms with E-state index in [9.17, 15) is 4.79 Å². The van der Waals surface area contributed by atoms with Gasteiger partial charge in [0.05, 0.1) is 12.1 Å². The van der Waals surface area contributed by atoms with Crippen LogP contribution in [0, 0.1) is 0 Å². The summed E-state index contributed by atoms with van der Waals surface area (Å²) in [6.45, 7) is 3.26. The van der Waals surface area contributed by atoms with E-state index in [0.717, 1.165) is 16.5 Å². The molecule has 96 valence electrons. The fourth-order valence-corrected chi connectivity index (χ4v) is 2.23. The van der Waals surface area contributed by atoms with Crippen molar-refractivity contribution < 1.29 is 0 Å². The second-order valence-corrected chi connectivity index (χ2v) is 4.53. The van der Waals surface area contributed by atoms with Gasteiger partial charge in [-0.15, -0.1) is 0 Å². The van der Waals surface area contributed by atoms with E-state index in [2.05, 4.69) is 11.1 Å². The highest BCUT2D eigenvalue weighted by atomic mass is 16.1. The first kappa shape index (κ1) is 11.7. The Kier molecular flexibility index (Phi) is 2.91. The van der Waals surface area contributed by atoms with Crippen molar-refractivity contribution in [3.63, 3.8) is 0 Å². The van der Waals surface area contributed by atoms with Gasteiger partial charge in [0.15, 0.2) is 0 Å². The van der Waals surface area contributed by atoms with Crippen molar-refractivity contribution in [1.82, 2.24) is 14.1 Å². The molecule has 19 heavy (non-hydrogen) atoms. The molecular weight excluding hydrogens is 238 g/mol. The lowest BCUT2D eigenvalue weighted by molar-refractivity contribution is 0.668. The van der Waals surface area contributed by atoms with Crippen LogP contribution in [0.25, 0.3) is 10.9 Å². The Morgan fingerprint density at radius 2 is 2.00 bits per heavy atom. The first-order chi connectivity index (χ1) is 9.28. The maximum atomic E-state index is 12.0. The molecule has 0 aliphatic rings. The molecule has 3 aromatic rings. The molecule has 0 aliphatic heterocycles. The van der Waals surface area contributed by atoms with Crippen LogP contribution >= 0.6 is 0 Å². The van der Waals surface area contributed by atoms with E-state index in [1.807, 2.05) is 43.6 Å². The molecule has 0 amide bonds. The highest BCUT2D eigenvalue weighted by molar-refractivity contribution is 5.78. The molecule has 4 heteroatoms. The number of aryl methyl sites for hydroxylation is 1. The zero-order valence-corrected chi connectivity index (χ0v) is 10.8. The molecule has 0 radical (unpaired) electrons. The van der Waals surface area contributed by atoms with E-state index >= 15 is 0 Å². The van der Waals surface area contributed by atoms with Gasteiger partial charge in [-0.2, -0.15) is 0 Å². The van der Waals surface area contributed by atoms with Crippen LogP contribution in [0.1, 0.15) is 12.5 Å². The Bertz CT molecular complexity index is 770. The van der Waals surface area contributed by atoms with Gasteiger partial charge in [0.25, 0.3) is 0 Å². The van der Waals surface area contributed by atoms with Crippen molar-refractivity contribution in [2.24, 2.45) is 0 Å².